The van der Waals surface area contributed by atoms with Crippen LogP contribution in [0.25, 0.3) is 0 Å². The molecule has 0 aromatic heterocycles. The highest BCUT2D eigenvalue weighted by atomic mass is 32.2. The van der Waals surface area contributed by atoms with Crippen LogP contribution in [-0.4, -0.2) is 27.8 Å². The Morgan fingerprint density at radius 1 is 0.737 bits per heavy atom. The summed E-state index contributed by atoms with van der Waals surface area (Å²) in [7, 11) is -2.22. The summed E-state index contributed by atoms with van der Waals surface area (Å²) in [4.78, 5) is 2.56. The largest absolute Gasteiger partial charge is 0.497 e. The van der Waals surface area contributed by atoms with E-state index < -0.39 is 10.0 Å². The number of methoxy groups -OCH3 is 1. The third-order valence-corrected chi connectivity index (χ3v) is 7.59. The number of nitrogens with zero attached hydrogens (tertiary/aromatic N) is 1. The van der Waals surface area contributed by atoms with Gasteiger partial charge < -0.3 is 9.47 Å². The number of ether oxygens (including phenoxy) is 2. The second kappa shape index (κ2) is 15.2. The predicted octanol–water partition coefficient (Wildman–Crippen LogP) is 7.25. The number of nitrogens with one attached hydrogen (secondary N) is 1. The summed E-state index contributed by atoms with van der Waals surface area (Å²) in [5.41, 5.74) is 3.00. The van der Waals surface area contributed by atoms with Gasteiger partial charge in [0.05, 0.1) is 24.3 Å². The molecular weight excluding hydrogens is 496 g/mol. The van der Waals surface area contributed by atoms with Gasteiger partial charge in [-0.3, -0.25) is 0 Å². The highest BCUT2D eigenvalue weighted by Crippen LogP contribution is 2.20. The summed E-state index contributed by atoms with van der Waals surface area (Å²) in [6.45, 7) is 4.83. The molecule has 0 unspecified atom stereocenters. The minimum Gasteiger partial charge on any atom is -0.497 e. The summed E-state index contributed by atoms with van der Waals surface area (Å²) in [6.07, 6.45) is 10.1. The Balaban J connectivity index is 1.67. The maximum absolute atomic E-state index is 12.9. The molecule has 0 aliphatic heterocycles. The molecule has 3 aromatic rings. The lowest BCUT2D eigenvalue weighted by Crippen LogP contribution is -2.21. The Hall–Kier alpha value is -3.32. The van der Waals surface area contributed by atoms with E-state index in [2.05, 4.69) is 16.9 Å². The second-order valence-corrected chi connectivity index (χ2v) is 11.1. The Morgan fingerprint density at radius 2 is 1.26 bits per heavy atom. The summed E-state index contributed by atoms with van der Waals surface area (Å²) in [5, 5.41) is 4.34. The van der Waals surface area contributed by atoms with E-state index in [0.717, 1.165) is 28.9 Å². The fourth-order valence-electron chi connectivity index (χ4n) is 4.06. The van der Waals surface area contributed by atoms with Crippen LogP contribution in [-0.2, 0) is 10.0 Å². The van der Waals surface area contributed by atoms with Crippen molar-refractivity contribution in [3.8, 4) is 11.5 Å². The van der Waals surface area contributed by atoms with Crippen LogP contribution < -0.4 is 14.3 Å². The number of unbranched alkanes of at least 4 members (excludes halogenated alkanes) is 7. The predicted molar refractivity (Wildman–Crippen MR) is 155 cm³/mol. The molecule has 0 heterocycles. The van der Waals surface area contributed by atoms with Crippen LogP contribution in [0.4, 0.5) is 0 Å². The molecule has 6 nitrogen and oxygen atoms in total. The van der Waals surface area contributed by atoms with Gasteiger partial charge in [0.1, 0.15) is 11.5 Å². The van der Waals surface area contributed by atoms with Gasteiger partial charge in [0.15, 0.2) is 0 Å². The van der Waals surface area contributed by atoms with Gasteiger partial charge in [0.2, 0.25) is 0 Å². The minimum atomic E-state index is -3.82. The van der Waals surface area contributed by atoms with Crippen molar-refractivity contribution in [1.29, 1.82) is 0 Å². The van der Waals surface area contributed by atoms with Crippen LogP contribution in [0.3, 0.4) is 0 Å². The number of aryl methyl sites for hydroxylation is 1. The van der Waals surface area contributed by atoms with Crippen LogP contribution in [0.15, 0.2) is 82.8 Å². The topological polar surface area (TPSA) is 77.0 Å². The number of benzene rings is 3. The van der Waals surface area contributed by atoms with E-state index in [1.807, 2.05) is 55.5 Å². The van der Waals surface area contributed by atoms with Crippen LogP contribution in [0.5, 0.6) is 11.5 Å². The molecule has 38 heavy (non-hydrogen) atoms. The maximum Gasteiger partial charge on any atom is 0.276 e. The van der Waals surface area contributed by atoms with E-state index in [4.69, 9.17) is 9.47 Å². The molecule has 7 heteroatoms. The van der Waals surface area contributed by atoms with Gasteiger partial charge in [0, 0.05) is 11.1 Å². The van der Waals surface area contributed by atoms with Gasteiger partial charge in [-0.25, -0.2) is 0 Å². The average Bonchev–Trinajstić information content (AvgIpc) is 2.93. The zero-order valence-corrected chi connectivity index (χ0v) is 23.6. The summed E-state index contributed by atoms with van der Waals surface area (Å²) in [6, 6.07) is 21.6. The Morgan fingerprint density at radius 3 is 1.82 bits per heavy atom. The van der Waals surface area contributed by atoms with E-state index in [9.17, 15) is 8.42 Å². The molecule has 3 aromatic carbocycles. The summed E-state index contributed by atoms with van der Waals surface area (Å²) in [5.74, 6) is 1.49. The summed E-state index contributed by atoms with van der Waals surface area (Å²) >= 11 is 0. The third kappa shape index (κ3) is 9.21. The molecule has 0 fully saturated rings. The molecular formula is C31H40N2O4S. The van der Waals surface area contributed by atoms with Gasteiger partial charge in [-0.15, -0.1) is 0 Å². The number of rotatable bonds is 16. The van der Waals surface area contributed by atoms with Crippen molar-refractivity contribution in [3.05, 3.63) is 89.5 Å². The monoisotopic (exact) mass is 536 g/mol. The van der Waals surface area contributed by atoms with E-state index >= 15 is 0 Å². The van der Waals surface area contributed by atoms with Crippen molar-refractivity contribution in [2.24, 2.45) is 5.10 Å². The lowest BCUT2D eigenvalue weighted by molar-refractivity contribution is 0.304. The standard InChI is InChI=1S/C31H40N2O4S/c1-4-5-6-7-8-9-10-11-24-37-29-20-16-27(17-21-29)31(26-14-18-28(36-3)19-15-26)32-33-38(34,35)30-22-12-25(2)13-23-30/h12-23,33H,4-11,24H2,1-3H3. The fraction of sp³-hybridized carbons (Fsp3) is 0.387. The maximum atomic E-state index is 12.9. The molecule has 0 atom stereocenters. The van der Waals surface area contributed by atoms with Crippen LogP contribution >= 0.6 is 0 Å². The molecule has 0 saturated carbocycles. The quantitative estimate of drug-likeness (QED) is 0.119. The third-order valence-electron chi connectivity index (χ3n) is 6.37. The first-order valence-electron chi connectivity index (χ1n) is 13.5. The van der Waals surface area contributed by atoms with E-state index in [-0.39, 0.29) is 4.90 Å². The Labute approximate surface area is 228 Å². The lowest BCUT2D eigenvalue weighted by atomic mass is 10.0. The minimum absolute atomic E-state index is 0.158. The number of hydrazone groups is 1. The molecule has 1 N–H and O–H groups in total. The first-order valence-corrected chi connectivity index (χ1v) is 14.9. The molecule has 0 aliphatic carbocycles. The van der Waals surface area contributed by atoms with Gasteiger partial charge in [-0.2, -0.15) is 18.4 Å². The molecule has 0 saturated heterocycles. The Bertz CT molecular complexity index is 1240. The van der Waals surface area contributed by atoms with Crippen molar-refractivity contribution >= 4 is 15.7 Å². The number of sulfonamides is 1. The van der Waals surface area contributed by atoms with Crippen molar-refractivity contribution in [1.82, 2.24) is 4.83 Å². The number of hydrogen-bond acceptors (Lipinski definition) is 5. The van der Waals surface area contributed by atoms with E-state index in [1.165, 1.54) is 44.9 Å². The van der Waals surface area contributed by atoms with Crippen molar-refractivity contribution in [2.45, 2.75) is 70.1 Å². The van der Waals surface area contributed by atoms with Gasteiger partial charge in [0.25, 0.3) is 10.0 Å². The van der Waals surface area contributed by atoms with Gasteiger partial charge in [-0.1, -0.05) is 69.6 Å². The van der Waals surface area contributed by atoms with Crippen LogP contribution in [0.2, 0.25) is 0 Å². The zero-order valence-electron chi connectivity index (χ0n) is 22.8. The lowest BCUT2D eigenvalue weighted by Gasteiger charge is -2.11. The zero-order chi connectivity index (χ0) is 27.2. The van der Waals surface area contributed by atoms with Crippen LogP contribution in [0.1, 0.15) is 75.0 Å². The van der Waals surface area contributed by atoms with Crippen LogP contribution in [0, 0.1) is 6.92 Å². The molecule has 0 radical (unpaired) electrons. The van der Waals surface area contributed by atoms with E-state index in [0.29, 0.717) is 18.1 Å². The highest BCUT2D eigenvalue weighted by Gasteiger charge is 2.15. The molecule has 0 bridgehead atoms. The number of hydrogen-bond donors (Lipinski definition) is 1. The Kier molecular flexibility index (Phi) is 11.7. The average molecular weight is 537 g/mol. The van der Waals surface area contributed by atoms with Gasteiger partial charge >= 0.3 is 0 Å². The normalized spacial score (nSPS) is 11.8. The summed E-state index contributed by atoms with van der Waals surface area (Å²) < 4.78 is 36.9. The molecule has 0 spiro atoms. The molecule has 204 valence electrons. The first-order chi connectivity index (χ1) is 18.4. The van der Waals surface area contributed by atoms with Crippen molar-refractivity contribution in [3.63, 3.8) is 0 Å². The van der Waals surface area contributed by atoms with Gasteiger partial charge in [-0.05, 0) is 74.0 Å². The molecule has 0 aliphatic rings. The van der Waals surface area contributed by atoms with E-state index in [1.54, 1.807) is 31.4 Å². The smallest absolute Gasteiger partial charge is 0.276 e. The first kappa shape index (κ1) is 29.2. The second-order valence-electron chi connectivity index (χ2n) is 9.44. The fourth-order valence-corrected chi connectivity index (χ4v) is 4.87. The molecule has 0 amide bonds. The highest BCUT2D eigenvalue weighted by molar-refractivity contribution is 7.89. The molecule has 3 rings (SSSR count). The SMILES string of the molecule is CCCCCCCCCCOc1ccc(C(=NNS(=O)(=O)c2ccc(C)cc2)c2ccc(OC)cc2)cc1. The van der Waals surface area contributed by atoms with Crippen molar-refractivity contribution < 1.29 is 17.9 Å². The van der Waals surface area contributed by atoms with Crippen molar-refractivity contribution in [2.75, 3.05) is 13.7 Å².